The highest BCUT2D eigenvalue weighted by molar-refractivity contribution is 5.25. The third kappa shape index (κ3) is 1.11. The van der Waals surface area contributed by atoms with Gasteiger partial charge in [-0.25, -0.2) is 0 Å². The van der Waals surface area contributed by atoms with Crippen LogP contribution in [0.2, 0.25) is 0 Å². The highest BCUT2D eigenvalue weighted by Gasteiger charge is 2.23. The van der Waals surface area contributed by atoms with Gasteiger partial charge in [0.05, 0.1) is 5.69 Å². The fourth-order valence-corrected chi connectivity index (χ4v) is 1.90. The number of aryl methyl sites for hydroxylation is 1. The summed E-state index contributed by atoms with van der Waals surface area (Å²) in [4.78, 5) is 0. The predicted molar refractivity (Wildman–Crippen MR) is 47.9 cm³/mol. The lowest BCUT2D eigenvalue weighted by molar-refractivity contribution is 0.418. The summed E-state index contributed by atoms with van der Waals surface area (Å²) in [6, 6.07) is 2.11. The van der Waals surface area contributed by atoms with Crippen molar-refractivity contribution in [3.63, 3.8) is 0 Å². The number of hydrogen-bond donors (Lipinski definition) is 0. The van der Waals surface area contributed by atoms with Gasteiger partial charge in [-0.05, 0) is 36.3 Å². The Morgan fingerprint density at radius 3 is 3.08 bits per heavy atom. The summed E-state index contributed by atoms with van der Waals surface area (Å²) >= 11 is 0. The van der Waals surface area contributed by atoms with Gasteiger partial charge in [-0.15, -0.1) is 0 Å². The molecule has 0 saturated carbocycles. The molecule has 12 heavy (non-hydrogen) atoms. The summed E-state index contributed by atoms with van der Waals surface area (Å²) in [5.41, 5.74) is 2.62. The molecule has 1 aliphatic carbocycles. The minimum atomic E-state index is 0.657. The Kier molecular flexibility index (Phi) is 1.83. The molecule has 0 N–H and O–H groups in total. The van der Waals surface area contributed by atoms with E-state index >= 15 is 0 Å². The van der Waals surface area contributed by atoms with E-state index in [0.717, 1.165) is 12.3 Å². The van der Waals surface area contributed by atoms with E-state index in [1.54, 1.807) is 6.20 Å². The van der Waals surface area contributed by atoms with Crippen molar-refractivity contribution in [2.24, 2.45) is 5.92 Å². The monoisotopic (exact) mass is 162 g/mol. The Morgan fingerprint density at radius 1 is 1.42 bits per heavy atom. The molecule has 1 heterocycles. The van der Waals surface area contributed by atoms with Gasteiger partial charge in [0, 0.05) is 6.20 Å². The Morgan fingerprint density at radius 2 is 2.25 bits per heavy atom. The number of hydrogen-bond acceptors (Lipinski definition) is 2. The van der Waals surface area contributed by atoms with E-state index in [4.69, 9.17) is 0 Å². The van der Waals surface area contributed by atoms with Gasteiger partial charge < -0.3 is 0 Å². The minimum Gasteiger partial charge on any atom is -0.159 e. The molecule has 2 rings (SSSR count). The predicted octanol–water partition coefficient (Wildman–Crippen LogP) is 2.16. The first-order chi connectivity index (χ1) is 5.79. The quantitative estimate of drug-likeness (QED) is 0.584. The molecule has 0 amide bonds. The van der Waals surface area contributed by atoms with Crippen molar-refractivity contribution in [2.45, 2.75) is 32.6 Å². The third-order valence-corrected chi connectivity index (χ3v) is 3.01. The van der Waals surface area contributed by atoms with Crippen molar-refractivity contribution in [3.8, 4) is 0 Å². The summed E-state index contributed by atoms with van der Waals surface area (Å²) in [5.74, 6) is 1.45. The average Bonchev–Trinajstić information content (AvgIpc) is 2.12. The first-order valence-electron chi connectivity index (χ1n) is 4.59. The molecule has 0 aliphatic heterocycles. The van der Waals surface area contributed by atoms with Crippen molar-refractivity contribution in [3.05, 3.63) is 23.5 Å². The van der Waals surface area contributed by atoms with Crippen LogP contribution in [-0.2, 0) is 6.42 Å². The van der Waals surface area contributed by atoms with Crippen LogP contribution in [0.15, 0.2) is 12.3 Å². The van der Waals surface area contributed by atoms with Gasteiger partial charge in [-0.3, -0.25) is 0 Å². The van der Waals surface area contributed by atoms with Gasteiger partial charge in [-0.2, -0.15) is 10.2 Å². The van der Waals surface area contributed by atoms with E-state index in [9.17, 15) is 0 Å². The van der Waals surface area contributed by atoms with Crippen molar-refractivity contribution in [1.82, 2.24) is 10.2 Å². The number of fused-ring (bicyclic) bond motifs is 1. The minimum absolute atomic E-state index is 0.657. The first kappa shape index (κ1) is 7.71. The molecule has 0 fully saturated rings. The summed E-state index contributed by atoms with van der Waals surface area (Å²) in [7, 11) is 0. The molecular weight excluding hydrogens is 148 g/mol. The molecular formula is C10H14N2. The molecule has 0 radical (unpaired) electrons. The highest BCUT2D eigenvalue weighted by Crippen LogP contribution is 2.33. The van der Waals surface area contributed by atoms with Crippen molar-refractivity contribution < 1.29 is 0 Å². The number of nitrogens with zero attached hydrogens (tertiary/aromatic N) is 2. The van der Waals surface area contributed by atoms with Gasteiger partial charge in [-0.1, -0.05) is 13.8 Å². The van der Waals surface area contributed by atoms with Gasteiger partial charge in [0.1, 0.15) is 0 Å². The van der Waals surface area contributed by atoms with Crippen LogP contribution in [0, 0.1) is 5.92 Å². The van der Waals surface area contributed by atoms with E-state index in [2.05, 4.69) is 30.1 Å². The van der Waals surface area contributed by atoms with E-state index < -0.39 is 0 Å². The molecule has 0 bridgehead atoms. The molecule has 0 aromatic carbocycles. The molecule has 1 aliphatic rings. The van der Waals surface area contributed by atoms with E-state index in [1.807, 2.05) is 0 Å². The van der Waals surface area contributed by atoms with E-state index in [-0.39, 0.29) is 0 Å². The van der Waals surface area contributed by atoms with Crippen LogP contribution in [0.3, 0.4) is 0 Å². The fraction of sp³-hybridized carbons (Fsp3) is 0.600. The molecule has 1 aromatic heterocycles. The number of aromatic nitrogens is 2. The SMILES string of the molecule is CC1CCc2nnccc2C1C. The van der Waals surface area contributed by atoms with Gasteiger partial charge in [0.25, 0.3) is 0 Å². The van der Waals surface area contributed by atoms with Crippen LogP contribution in [-0.4, -0.2) is 10.2 Å². The second kappa shape index (κ2) is 2.85. The highest BCUT2D eigenvalue weighted by atomic mass is 15.1. The van der Waals surface area contributed by atoms with E-state index in [1.165, 1.54) is 17.7 Å². The van der Waals surface area contributed by atoms with Crippen LogP contribution in [0.4, 0.5) is 0 Å². The van der Waals surface area contributed by atoms with Crippen LogP contribution in [0.5, 0.6) is 0 Å². The lowest BCUT2D eigenvalue weighted by Crippen LogP contribution is -2.17. The number of rotatable bonds is 0. The van der Waals surface area contributed by atoms with Gasteiger partial charge >= 0.3 is 0 Å². The summed E-state index contributed by atoms with van der Waals surface area (Å²) < 4.78 is 0. The molecule has 1 aromatic rings. The Labute approximate surface area is 73.0 Å². The molecule has 0 saturated heterocycles. The lowest BCUT2D eigenvalue weighted by atomic mass is 9.79. The zero-order valence-electron chi connectivity index (χ0n) is 7.62. The molecule has 2 heteroatoms. The fourth-order valence-electron chi connectivity index (χ4n) is 1.90. The van der Waals surface area contributed by atoms with Gasteiger partial charge in [0.15, 0.2) is 0 Å². The zero-order chi connectivity index (χ0) is 8.55. The summed E-state index contributed by atoms with van der Waals surface area (Å²) in [6.45, 7) is 4.60. The van der Waals surface area contributed by atoms with E-state index in [0.29, 0.717) is 5.92 Å². The largest absolute Gasteiger partial charge is 0.159 e. The van der Waals surface area contributed by atoms with Crippen molar-refractivity contribution in [2.75, 3.05) is 0 Å². The lowest BCUT2D eigenvalue weighted by Gasteiger charge is -2.26. The van der Waals surface area contributed by atoms with Crippen molar-refractivity contribution >= 4 is 0 Å². The first-order valence-corrected chi connectivity index (χ1v) is 4.59. The van der Waals surface area contributed by atoms with Gasteiger partial charge in [0.2, 0.25) is 0 Å². The maximum absolute atomic E-state index is 4.15. The topological polar surface area (TPSA) is 25.8 Å². The molecule has 2 unspecified atom stereocenters. The van der Waals surface area contributed by atoms with Crippen LogP contribution >= 0.6 is 0 Å². The maximum Gasteiger partial charge on any atom is 0.0665 e. The summed E-state index contributed by atoms with van der Waals surface area (Å²) in [5, 5.41) is 8.06. The molecule has 0 spiro atoms. The Balaban J connectivity index is 2.42. The normalized spacial score (nSPS) is 28.2. The smallest absolute Gasteiger partial charge is 0.0665 e. The second-order valence-corrected chi connectivity index (χ2v) is 3.74. The molecule has 2 nitrogen and oxygen atoms in total. The Bertz CT molecular complexity index is 283. The Hall–Kier alpha value is -0.920. The average molecular weight is 162 g/mol. The van der Waals surface area contributed by atoms with Crippen LogP contribution in [0.1, 0.15) is 37.4 Å². The molecule has 2 atom stereocenters. The second-order valence-electron chi connectivity index (χ2n) is 3.74. The van der Waals surface area contributed by atoms with Crippen molar-refractivity contribution in [1.29, 1.82) is 0 Å². The molecule has 64 valence electrons. The zero-order valence-corrected chi connectivity index (χ0v) is 7.62. The third-order valence-electron chi connectivity index (χ3n) is 3.01. The van der Waals surface area contributed by atoms with Crippen LogP contribution < -0.4 is 0 Å². The van der Waals surface area contributed by atoms with Crippen LogP contribution in [0.25, 0.3) is 0 Å². The standard InChI is InChI=1S/C10H14N2/c1-7-3-4-10-9(8(7)2)5-6-11-12-10/h5-8H,3-4H2,1-2H3. The maximum atomic E-state index is 4.15. The summed E-state index contributed by atoms with van der Waals surface area (Å²) in [6.07, 6.45) is 4.16.